The molecule has 2 aliphatic heterocycles. The fourth-order valence-electron chi connectivity index (χ4n) is 2.79. The number of carboxylic acid groups (broad SMARTS) is 1. The van der Waals surface area contributed by atoms with Crippen molar-refractivity contribution in [3.8, 4) is 0 Å². The molecule has 0 saturated carbocycles. The third-order valence-corrected chi connectivity index (χ3v) is 3.82. The van der Waals surface area contributed by atoms with Crippen molar-refractivity contribution >= 4 is 23.3 Å². The standard InChI is InChI=1S/C14H12N2O6/c17-13(15-7-1-3-8(4-2-7)16(20)21)11-9-5-6-10(22-9)12(11)14(18)19/h1-6,9-12H,(H,15,17)(H,18,19)/p-1/t9-,10+,11+,12-/m0/s1. The van der Waals surface area contributed by atoms with E-state index in [-0.39, 0.29) is 5.69 Å². The number of hydrogen-bond acceptors (Lipinski definition) is 6. The summed E-state index contributed by atoms with van der Waals surface area (Å²) in [7, 11) is 0. The molecule has 4 atom stereocenters. The van der Waals surface area contributed by atoms with Gasteiger partial charge in [-0.2, -0.15) is 0 Å². The zero-order valence-electron chi connectivity index (χ0n) is 11.2. The Morgan fingerprint density at radius 1 is 1.09 bits per heavy atom. The fraction of sp³-hybridized carbons (Fsp3) is 0.286. The van der Waals surface area contributed by atoms with E-state index in [4.69, 9.17) is 4.74 Å². The van der Waals surface area contributed by atoms with Gasteiger partial charge in [0.15, 0.2) is 0 Å². The Morgan fingerprint density at radius 3 is 2.23 bits per heavy atom. The number of nitrogens with zero attached hydrogens (tertiary/aromatic N) is 1. The van der Waals surface area contributed by atoms with E-state index >= 15 is 0 Å². The van der Waals surface area contributed by atoms with Crippen molar-refractivity contribution in [2.45, 2.75) is 12.2 Å². The van der Waals surface area contributed by atoms with Crippen LogP contribution >= 0.6 is 0 Å². The molecule has 8 heteroatoms. The smallest absolute Gasteiger partial charge is 0.269 e. The van der Waals surface area contributed by atoms with Crippen LogP contribution in [0.5, 0.6) is 0 Å². The van der Waals surface area contributed by atoms with Crippen molar-refractivity contribution in [1.29, 1.82) is 0 Å². The summed E-state index contributed by atoms with van der Waals surface area (Å²) in [6.45, 7) is 0. The number of anilines is 1. The van der Waals surface area contributed by atoms with E-state index in [9.17, 15) is 24.8 Å². The largest absolute Gasteiger partial charge is 0.550 e. The van der Waals surface area contributed by atoms with Gasteiger partial charge in [0.25, 0.3) is 5.69 Å². The molecule has 3 rings (SSSR count). The molecule has 1 N–H and O–H groups in total. The third-order valence-electron chi connectivity index (χ3n) is 3.82. The zero-order chi connectivity index (χ0) is 15.9. The molecule has 2 aliphatic rings. The number of fused-ring (bicyclic) bond motifs is 2. The quantitative estimate of drug-likeness (QED) is 0.469. The summed E-state index contributed by atoms with van der Waals surface area (Å²) in [4.78, 5) is 33.5. The lowest BCUT2D eigenvalue weighted by molar-refractivity contribution is -0.384. The van der Waals surface area contributed by atoms with Gasteiger partial charge in [-0.3, -0.25) is 14.9 Å². The summed E-state index contributed by atoms with van der Waals surface area (Å²) < 4.78 is 5.39. The van der Waals surface area contributed by atoms with Crippen molar-refractivity contribution in [3.63, 3.8) is 0 Å². The maximum Gasteiger partial charge on any atom is 0.269 e. The molecular formula is C14H11N2O6-. The van der Waals surface area contributed by atoms with E-state index in [1.165, 1.54) is 24.3 Å². The Balaban J connectivity index is 1.75. The van der Waals surface area contributed by atoms with E-state index in [0.29, 0.717) is 5.69 Å². The minimum absolute atomic E-state index is 0.100. The second-order valence-electron chi connectivity index (χ2n) is 5.11. The molecule has 114 valence electrons. The molecule has 0 radical (unpaired) electrons. The van der Waals surface area contributed by atoms with Crippen LogP contribution in [-0.2, 0) is 14.3 Å². The van der Waals surface area contributed by atoms with Gasteiger partial charge in [-0.15, -0.1) is 0 Å². The topological polar surface area (TPSA) is 122 Å². The number of nitro groups is 1. The van der Waals surface area contributed by atoms with Crippen LogP contribution in [-0.4, -0.2) is 29.0 Å². The van der Waals surface area contributed by atoms with Gasteiger partial charge in [-0.25, -0.2) is 0 Å². The summed E-state index contributed by atoms with van der Waals surface area (Å²) in [5.41, 5.74) is 0.247. The average molecular weight is 303 g/mol. The lowest BCUT2D eigenvalue weighted by Crippen LogP contribution is -2.45. The maximum absolute atomic E-state index is 12.3. The van der Waals surface area contributed by atoms with Crippen LogP contribution in [0.2, 0.25) is 0 Å². The summed E-state index contributed by atoms with van der Waals surface area (Å²) in [5.74, 6) is -3.76. The highest BCUT2D eigenvalue weighted by Gasteiger charge is 2.50. The highest BCUT2D eigenvalue weighted by Crippen LogP contribution is 2.39. The van der Waals surface area contributed by atoms with Crippen molar-refractivity contribution in [3.05, 3.63) is 46.5 Å². The molecule has 0 unspecified atom stereocenters. The SMILES string of the molecule is O=C([O-])[C@@H]1[C@H](C(=O)Nc2ccc([N+](=O)[O-])cc2)[C@@H]2C=C[C@H]1O2. The van der Waals surface area contributed by atoms with E-state index in [1.807, 2.05) is 0 Å². The molecule has 1 amide bonds. The number of aliphatic carboxylic acids is 1. The molecule has 1 fully saturated rings. The molecule has 1 saturated heterocycles. The number of nitro benzene ring substituents is 1. The average Bonchev–Trinajstić information content (AvgIpc) is 3.08. The fourth-order valence-corrected chi connectivity index (χ4v) is 2.79. The maximum atomic E-state index is 12.3. The van der Waals surface area contributed by atoms with Crippen LogP contribution in [0.4, 0.5) is 11.4 Å². The van der Waals surface area contributed by atoms with Crippen LogP contribution < -0.4 is 10.4 Å². The molecule has 1 aromatic carbocycles. The zero-order valence-corrected chi connectivity index (χ0v) is 11.2. The molecule has 1 aromatic rings. The van der Waals surface area contributed by atoms with Gasteiger partial charge in [0.05, 0.1) is 23.0 Å². The molecule has 0 spiro atoms. The summed E-state index contributed by atoms with van der Waals surface area (Å²) in [6.07, 6.45) is 2.03. The molecule has 2 bridgehead atoms. The Kier molecular flexibility index (Phi) is 3.38. The van der Waals surface area contributed by atoms with Crippen LogP contribution in [0.15, 0.2) is 36.4 Å². The van der Waals surface area contributed by atoms with Crippen LogP contribution in [0.3, 0.4) is 0 Å². The second-order valence-corrected chi connectivity index (χ2v) is 5.11. The Labute approximate surface area is 124 Å². The molecular weight excluding hydrogens is 292 g/mol. The molecule has 22 heavy (non-hydrogen) atoms. The first-order chi connectivity index (χ1) is 10.5. The second kappa shape index (κ2) is 5.23. The minimum Gasteiger partial charge on any atom is -0.550 e. The van der Waals surface area contributed by atoms with Crippen molar-refractivity contribution in [1.82, 2.24) is 0 Å². The number of carbonyl (C=O) groups excluding carboxylic acids is 2. The summed E-state index contributed by atoms with van der Waals surface area (Å²) in [6, 6.07) is 5.27. The predicted molar refractivity (Wildman–Crippen MR) is 71.5 cm³/mol. The van der Waals surface area contributed by atoms with Gasteiger partial charge in [0.2, 0.25) is 5.91 Å². The number of nitrogens with one attached hydrogen (secondary N) is 1. The first-order valence-electron chi connectivity index (χ1n) is 6.57. The van der Waals surface area contributed by atoms with Gasteiger partial charge >= 0.3 is 0 Å². The molecule has 0 aliphatic carbocycles. The van der Waals surface area contributed by atoms with E-state index < -0.39 is 40.8 Å². The third kappa shape index (κ3) is 2.33. The van der Waals surface area contributed by atoms with Gasteiger partial charge in [-0.05, 0) is 12.1 Å². The van der Waals surface area contributed by atoms with E-state index in [1.54, 1.807) is 12.2 Å². The van der Waals surface area contributed by atoms with Crippen LogP contribution in [0.25, 0.3) is 0 Å². The Hall–Kier alpha value is -2.74. The Morgan fingerprint density at radius 2 is 1.68 bits per heavy atom. The van der Waals surface area contributed by atoms with E-state index in [0.717, 1.165) is 0 Å². The summed E-state index contributed by atoms with van der Waals surface area (Å²) >= 11 is 0. The van der Waals surface area contributed by atoms with Crippen LogP contribution in [0.1, 0.15) is 0 Å². The number of carbonyl (C=O) groups is 2. The van der Waals surface area contributed by atoms with Gasteiger partial charge in [0.1, 0.15) is 0 Å². The number of ether oxygens (including phenoxy) is 1. The number of amides is 1. The van der Waals surface area contributed by atoms with Crippen molar-refractivity contribution in [2.75, 3.05) is 5.32 Å². The normalized spacial score (nSPS) is 28.5. The first-order valence-corrected chi connectivity index (χ1v) is 6.57. The minimum atomic E-state index is -1.33. The number of benzene rings is 1. The number of non-ortho nitro benzene ring substituents is 1. The number of hydrogen-bond donors (Lipinski definition) is 1. The highest BCUT2D eigenvalue weighted by molar-refractivity contribution is 5.96. The lowest BCUT2D eigenvalue weighted by atomic mass is 9.82. The summed E-state index contributed by atoms with van der Waals surface area (Å²) in [5, 5.41) is 24.3. The lowest BCUT2D eigenvalue weighted by Gasteiger charge is -2.24. The van der Waals surface area contributed by atoms with Crippen LogP contribution in [0, 0.1) is 22.0 Å². The first kappa shape index (κ1) is 14.2. The van der Waals surface area contributed by atoms with Gasteiger partial charge in [0, 0.05) is 29.7 Å². The molecule has 8 nitrogen and oxygen atoms in total. The van der Waals surface area contributed by atoms with Gasteiger partial charge < -0.3 is 20.0 Å². The molecule has 2 heterocycles. The monoisotopic (exact) mass is 303 g/mol. The van der Waals surface area contributed by atoms with E-state index in [2.05, 4.69) is 5.32 Å². The van der Waals surface area contributed by atoms with Gasteiger partial charge in [-0.1, -0.05) is 12.2 Å². The Bertz CT molecular complexity index is 668. The highest BCUT2D eigenvalue weighted by atomic mass is 16.6. The molecule has 0 aromatic heterocycles. The van der Waals surface area contributed by atoms with Crippen molar-refractivity contribution < 1.29 is 24.4 Å². The number of carboxylic acids is 1. The predicted octanol–water partition coefficient (Wildman–Crippen LogP) is -0.147. The number of rotatable bonds is 4. The van der Waals surface area contributed by atoms with Crippen molar-refractivity contribution in [2.24, 2.45) is 11.8 Å².